The molecule has 0 spiro atoms. The molecule has 1 atom stereocenters. The predicted octanol–water partition coefficient (Wildman–Crippen LogP) is 2.76. The van der Waals surface area contributed by atoms with Crippen LogP contribution in [0.4, 0.5) is 0 Å². The molecule has 1 amide bonds. The SMILES string of the molecule is CONC(=O)C(C)(C)n1c(=O)c2c(C)c(C#N)sc2n(C[C@H](OC2CCOCC2)c2ccccc2OC)c1=O. The molecule has 3 heterocycles. The maximum absolute atomic E-state index is 14.1. The summed E-state index contributed by atoms with van der Waals surface area (Å²) < 4.78 is 20.0. The van der Waals surface area contributed by atoms with Crippen LogP contribution in [0.2, 0.25) is 0 Å². The first kappa shape index (κ1) is 28.5. The van der Waals surface area contributed by atoms with E-state index in [1.807, 2.05) is 24.3 Å². The zero-order valence-electron chi connectivity index (χ0n) is 22.6. The van der Waals surface area contributed by atoms with Gasteiger partial charge in [0, 0.05) is 18.8 Å². The van der Waals surface area contributed by atoms with Gasteiger partial charge in [0.05, 0.1) is 32.3 Å². The van der Waals surface area contributed by atoms with Crippen LogP contribution in [0.25, 0.3) is 10.2 Å². The van der Waals surface area contributed by atoms with E-state index in [0.29, 0.717) is 47.1 Å². The molecule has 12 heteroatoms. The molecule has 208 valence electrons. The number of hydroxylamine groups is 1. The number of benzene rings is 1. The minimum absolute atomic E-state index is 0.0140. The van der Waals surface area contributed by atoms with Crippen LogP contribution < -0.4 is 21.5 Å². The number of thiophene rings is 1. The van der Waals surface area contributed by atoms with E-state index in [0.717, 1.165) is 21.5 Å². The predicted molar refractivity (Wildman–Crippen MR) is 145 cm³/mol. The largest absolute Gasteiger partial charge is 0.496 e. The van der Waals surface area contributed by atoms with Crippen LogP contribution in [-0.2, 0) is 31.2 Å². The molecule has 0 saturated carbocycles. The molecule has 2 aromatic heterocycles. The second kappa shape index (κ2) is 11.7. The number of aryl methyl sites for hydroxylation is 1. The number of aromatic nitrogens is 2. The summed E-state index contributed by atoms with van der Waals surface area (Å²) in [5, 5.41) is 9.94. The highest BCUT2D eigenvalue weighted by molar-refractivity contribution is 7.19. The number of nitrogens with one attached hydrogen (secondary N) is 1. The normalized spacial score (nSPS) is 15.2. The lowest BCUT2D eigenvalue weighted by atomic mass is 10.0. The van der Waals surface area contributed by atoms with E-state index >= 15 is 0 Å². The smallest absolute Gasteiger partial charge is 0.333 e. The summed E-state index contributed by atoms with van der Waals surface area (Å²) in [5.74, 6) is -0.0877. The lowest BCUT2D eigenvalue weighted by Crippen LogP contribution is -2.55. The van der Waals surface area contributed by atoms with Gasteiger partial charge in [-0.2, -0.15) is 5.26 Å². The van der Waals surface area contributed by atoms with Crippen molar-refractivity contribution in [2.45, 2.75) is 57.9 Å². The number of ether oxygens (including phenoxy) is 3. The quantitative estimate of drug-likeness (QED) is 0.398. The molecule has 0 bridgehead atoms. The van der Waals surface area contributed by atoms with Gasteiger partial charge in [-0.3, -0.25) is 19.0 Å². The van der Waals surface area contributed by atoms with Crippen LogP contribution in [0.3, 0.4) is 0 Å². The summed E-state index contributed by atoms with van der Waals surface area (Å²) in [6.07, 6.45) is 0.626. The van der Waals surface area contributed by atoms with Crippen LogP contribution in [0, 0.1) is 18.3 Å². The molecular formula is C27H32N4O7S. The Morgan fingerprint density at radius 1 is 1.26 bits per heavy atom. The highest BCUT2D eigenvalue weighted by Crippen LogP contribution is 2.34. The molecule has 0 radical (unpaired) electrons. The second-order valence-corrected chi connectivity index (χ2v) is 10.8. The topological polar surface area (TPSA) is 134 Å². The first-order valence-corrected chi connectivity index (χ1v) is 13.4. The average Bonchev–Trinajstić information content (AvgIpc) is 3.27. The third-order valence-corrected chi connectivity index (χ3v) is 8.20. The highest BCUT2D eigenvalue weighted by atomic mass is 32.1. The van der Waals surface area contributed by atoms with Gasteiger partial charge in [0.2, 0.25) is 0 Å². The Hall–Kier alpha value is -3.50. The van der Waals surface area contributed by atoms with E-state index in [4.69, 9.17) is 19.0 Å². The molecule has 1 N–H and O–H groups in total. The summed E-state index contributed by atoms with van der Waals surface area (Å²) in [6.45, 7) is 5.73. The summed E-state index contributed by atoms with van der Waals surface area (Å²) >= 11 is 1.07. The van der Waals surface area contributed by atoms with Gasteiger partial charge in [-0.15, -0.1) is 11.3 Å². The number of carbonyl (C=O) groups excluding carboxylic acids is 1. The Bertz CT molecular complexity index is 1530. The molecule has 1 fully saturated rings. The van der Waals surface area contributed by atoms with E-state index < -0.39 is 28.8 Å². The third-order valence-electron chi connectivity index (χ3n) is 6.98. The van der Waals surface area contributed by atoms with E-state index in [1.165, 1.54) is 25.5 Å². The van der Waals surface area contributed by atoms with E-state index in [9.17, 15) is 19.6 Å². The van der Waals surface area contributed by atoms with Crippen LogP contribution in [0.5, 0.6) is 5.75 Å². The van der Waals surface area contributed by atoms with Crippen molar-refractivity contribution >= 4 is 27.5 Å². The van der Waals surface area contributed by atoms with Gasteiger partial charge in [0.25, 0.3) is 11.5 Å². The van der Waals surface area contributed by atoms with Crippen molar-refractivity contribution in [3.05, 3.63) is 61.1 Å². The van der Waals surface area contributed by atoms with Crippen molar-refractivity contribution < 1.29 is 23.8 Å². The summed E-state index contributed by atoms with van der Waals surface area (Å²) in [5.41, 5.74) is 0.438. The maximum Gasteiger partial charge on any atom is 0.333 e. The molecule has 0 unspecified atom stereocenters. The number of amides is 1. The zero-order chi connectivity index (χ0) is 28.3. The van der Waals surface area contributed by atoms with E-state index in [2.05, 4.69) is 11.5 Å². The Labute approximate surface area is 229 Å². The van der Waals surface area contributed by atoms with Crippen molar-refractivity contribution in [3.63, 3.8) is 0 Å². The van der Waals surface area contributed by atoms with Gasteiger partial charge in [0.1, 0.15) is 33.2 Å². The maximum atomic E-state index is 14.1. The molecular weight excluding hydrogens is 524 g/mol. The number of carbonyl (C=O) groups is 1. The van der Waals surface area contributed by atoms with Gasteiger partial charge in [-0.05, 0) is 45.2 Å². The number of nitriles is 1. The number of para-hydroxylation sites is 1. The number of rotatable bonds is 9. The van der Waals surface area contributed by atoms with Gasteiger partial charge in [-0.25, -0.2) is 14.8 Å². The zero-order valence-corrected chi connectivity index (χ0v) is 23.4. The van der Waals surface area contributed by atoms with Crippen molar-refractivity contribution in [2.24, 2.45) is 0 Å². The fourth-order valence-corrected chi connectivity index (χ4v) is 5.88. The number of nitrogens with zero attached hydrogens (tertiary/aromatic N) is 3. The third kappa shape index (κ3) is 5.35. The standard InChI is InChI=1S/C27H32N4O7S/c1-16-21(14-28)39-24-22(16)23(32)31(27(2,3)25(33)29-36-5)26(34)30(24)15-20(38-17-10-12-37-13-11-17)18-8-6-7-9-19(18)35-4/h6-9,17,20H,10-13,15H2,1-5H3,(H,29,33)/t20-/m0/s1. The van der Waals surface area contributed by atoms with Crippen molar-refractivity contribution in [3.8, 4) is 11.8 Å². The van der Waals surface area contributed by atoms with Crippen molar-refractivity contribution in [1.29, 1.82) is 5.26 Å². The second-order valence-electron chi connectivity index (χ2n) is 9.75. The molecule has 11 nitrogen and oxygen atoms in total. The fourth-order valence-electron chi connectivity index (χ4n) is 4.78. The monoisotopic (exact) mass is 556 g/mol. The Morgan fingerprint density at radius 3 is 2.59 bits per heavy atom. The number of hydrogen-bond donors (Lipinski definition) is 1. The summed E-state index contributed by atoms with van der Waals surface area (Å²) in [4.78, 5) is 46.2. The fraction of sp³-hybridized carbons (Fsp3) is 0.481. The molecule has 1 aromatic carbocycles. The molecule has 3 aromatic rings. The lowest BCUT2D eigenvalue weighted by Gasteiger charge is -2.30. The van der Waals surface area contributed by atoms with E-state index in [-0.39, 0.29) is 18.0 Å². The summed E-state index contributed by atoms with van der Waals surface area (Å²) in [6, 6.07) is 9.51. The number of fused-ring (bicyclic) bond motifs is 1. The van der Waals surface area contributed by atoms with Gasteiger partial charge in [0.15, 0.2) is 0 Å². The number of methoxy groups -OCH3 is 1. The molecule has 0 aliphatic carbocycles. The van der Waals surface area contributed by atoms with Crippen molar-refractivity contribution in [1.82, 2.24) is 14.6 Å². The van der Waals surface area contributed by atoms with Gasteiger partial charge in [-0.1, -0.05) is 18.2 Å². The lowest BCUT2D eigenvalue weighted by molar-refractivity contribution is -0.139. The van der Waals surface area contributed by atoms with Gasteiger partial charge >= 0.3 is 5.69 Å². The Morgan fingerprint density at radius 2 is 1.95 bits per heavy atom. The van der Waals surface area contributed by atoms with Crippen LogP contribution in [0.15, 0.2) is 33.9 Å². The molecule has 4 rings (SSSR count). The first-order chi connectivity index (χ1) is 18.6. The van der Waals surface area contributed by atoms with E-state index in [1.54, 1.807) is 14.0 Å². The minimum atomic E-state index is -1.61. The van der Waals surface area contributed by atoms with Crippen molar-refractivity contribution in [2.75, 3.05) is 27.4 Å². The summed E-state index contributed by atoms with van der Waals surface area (Å²) in [7, 11) is 2.83. The van der Waals surface area contributed by atoms with Crippen LogP contribution in [0.1, 0.15) is 48.8 Å². The van der Waals surface area contributed by atoms with Gasteiger partial charge < -0.3 is 14.2 Å². The average molecular weight is 557 g/mol. The Kier molecular flexibility index (Phi) is 8.56. The molecule has 1 saturated heterocycles. The number of hydrogen-bond acceptors (Lipinski definition) is 9. The van der Waals surface area contributed by atoms with Crippen LogP contribution >= 0.6 is 11.3 Å². The Balaban J connectivity index is 1.96. The molecule has 39 heavy (non-hydrogen) atoms. The minimum Gasteiger partial charge on any atom is -0.496 e. The molecule has 1 aliphatic heterocycles. The first-order valence-electron chi connectivity index (χ1n) is 12.5. The molecule has 1 aliphatic rings. The highest BCUT2D eigenvalue weighted by Gasteiger charge is 2.36. The van der Waals surface area contributed by atoms with Crippen LogP contribution in [-0.4, -0.2) is 48.6 Å².